The highest BCUT2D eigenvalue weighted by atomic mass is 32.2. The molecule has 1 aliphatic heterocycles. The van der Waals surface area contributed by atoms with Crippen molar-refractivity contribution in [1.29, 1.82) is 0 Å². The Morgan fingerprint density at radius 1 is 1.19 bits per heavy atom. The molecule has 2 heterocycles. The fourth-order valence-corrected chi connectivity index (χ4v) is 4.65. The van der Waals surface area contributed by atoms with E-state index in [2.05, 4.69) is 42.7 Å². The van der Waals surface area contributed by atoms with E-state index in [0.29, 0.717) is 0 Å². The zero-order valence-corrected chi connectivity index (χ0v) is 11.2. The van der Waals surface area contributed by atoms with E-state index in [0.717, 1.165) is 0 Å². The van der Waals surface area contributed by atoms with Crippen LogP contribution in [-0.2, 0) is 6.54 Å². The quantitative estimate of drug-likeness (QED) is 0.720. The van der Waals surface area contributed by atoms with E-state index in [4.69, 9.17) is 0 Å². The van der Waals surface area contributed by atoms with Gasteiger partial charge in [-0.2, -0.15) is 0 Å². The lowest BCUT2D eigenvalue weighted by molar-refractivity contribution is 0.745. The molecule has 0 bridgehead atoms. The summed E-state index contributed by atoms with van der Waals surface area (Å²) in [5.74, 6) is 1.23. The fourth-order valence-electron chi connectivity index (χ4n) is 2.10. The van der Waals surface area contributed by atoms with Crippen LogP contribution >= 0.6 is 20.0 Å². The maximum absolute atomic E-state index is 2.49. The van der Waals surface area contributed by atoms with Gasteiger partial charge >= 0.3 is 0 Å². The van der Waals surface area contributed by atoms with Gasteiger partial charge in [0.05, 0.1) is 10.5 Å². The molecule has 0 radical (unpaired) electrons. The van der Waals surface area contributed by atoms with Crippen LogP contribution in [0.15, 0.2) is 29.3 Å². The maximum Gasteiger partial charge on any atom is 0.0832 e. The molecular weight excluding hydrogens is 233 g/mol. The van der Waals surface area contributed by atoms with E-state index >= 15 is 0 Å². The van der Waals surface area contributed by atoms with E-state index in [1.807, 2.05) is 11.8 Å². The maximum atomic E-state index is 2.49. The largest absolute Gasteiger partial charge is 0.331 e. The van der Waals surface area contributed by atoms with Crippen LogP contribution in [0.3, 0.4) is 0 Å². The lowest BCUT2D eigenvalue weighted by atomic mass is 10.1. The van der Waals surface area contributed by atoms with Crippen molar-refractivity contribution in [3.8, 4) is 11.0 Å². The van der Waals surface area contributed by atoms with Crippen LogP contribution in [0.2, 0.25) is 0 Å². The van der Waals surface area contributed by atoms with Crippen molar-refractivity contribution in [3.05, 3.63) is 35.1 Å². The van der Waals surface area contributed by atoms with Crippen molar-refractivity contribution in [1.82, 2.24) is 4.57 Å². The van der Waals surface area contributed by atoms with Crippen LogP contribution in [0.25, 0.3) is 11.0 Å². The predicted octanol–water partition coefficient (Wildman–Crippen LogP) is 4.46. The average molecular weight is 247 g/mol. The number of hydrogen-bond donors (Lipinski definition) is 0. The molecule has 0 atom stereocenters. The van der Waals surface area contributed by atoms with Gasteiger partial charge in [0, 0.05) is 23.2 Å². The van der Waals surface area contributed by atoms with Crippen molar-refractivity contribution in [2.45, 2.75) is 25.4 Å². The van der Waals surface area contributed by atoms with Gasteiger partial charge in [-0.3, -0.25) is 0 Å². The van der Waals surface area contributed by atoms with Crippen molar-refractivity contribution >= 4 is 20.0 Å². The number of nitrogens with zero attached hydrogens (tertiary/aromatic N) is 1. The van der Waals surface area contributed by atoms with Gasteiger partial charge in [0.15, 0.2) is 0 Å². The Bertz CT molecular complexity index is 528. The molecule has 82 valence electrons. The number of hydrogen-bond acceptors (Lipinski definition) is 1. The first-order valence-electron chi connectivity index (χ1n) is 5.52. The van der Waals surface area contributed by atoms with Gasteiger partial charge in [-0.25, -0.2) is 0 Å². The summed E-state index contributed by atoms with van der Waals surface area (Å²) in [4.78, 5) is 0. The first kappa shape index (κ1) is 10.4. The minimum absolute atomic E-state index is 1.17. The first-order chi connectivity index (χ1) is 7.75. The summed E-state index contributed by atoms with van der Waals surface area (Å²) < 4.78 is 2.49. The zero-order valence-electron chi connectivity index (χ0n) is 9.53. The highest BCUT2D eigenvalue weighted by Gasteiger charge is 2.19. The third-order valence-corrected chi connectivity index (χ3v) is 5.54. The standard InChI is InChI=1S/C13H14NPS/c1-9-3-5-11(6-4-9)12-14-7-8-16-13(14)10(2)15-12/h3-6H,7-8H2,1-2H3. The third kappa shape index (κ3) is 1.61. The number of aryl methyl sites for hydroxylation is 2. The van der Waals surface area contributed by atoms with Crippen molar-refractivity contribution in [3.63, 3.8) is 0 Å². The third-order valence-electron chi connectivity index (χ3n) is 2.95. The molecule has 1 nitrogen and oxygen atoms in total. The SMILES string of the molecule is Cc1ccc(-c2pc(C)c3n2CCS3)cc1. The van der Waals surface area contributed by atoms with Gasteiger partial charge in [-0.05, 0) is 22.0 Å². The molecule has 0 aliphatic carbocycles. The van der Waals surface area contributed by atoms with E-state index < -0.39 is 0 Å². The summed E-state index contributed by atoms with van der Waals surface area (Å²) in [6.45, 7) is 5.57. The molecule has 3 rings (SSSR count). The fraction of sp³-hybridized carbons (Fsp3) is 0.308. The van der Waals surface area contributed by atoms with Crippen LogP contribution in [0, 0.1) is 13.8 Å². The molecule has 0 unspecified atom stereocenters. The molecule has 0 N–H and O–H groups in total. The molecule has 3 heteroatoms. The smallest absolute Gasteiger partial charge is 0.0832 e. The summed E-state index contributed by atoms with van der Waals surface area (Å²) >= 11 is 2.00. The molecule has 0 saturated carbocycles. The summed E-state index contributed by atoms with van der Waals surface area (Å²) in [7, 11) is 1.39. The van der Waals surface area contributed by atoms with Crippen LogP contribution in [-0.4, -0.2) is 10.3 Å². The molecule has 1 aromatic carbocycles. The van der Waals surface area contributed by atoms with Gasteiger partial charge in [0.2, 0.25) is 0 Å². The number of fused-ring (bicyclic) bond motifs is 1. The minimum atomic E-state index is 1.17. The monoisotopic (exact) mass is 247 g/mol. The lowest BCUT2D eigenvalue weighted by Crippen LogP contribution is -1.95. The van der Waals surface area contributed by atoms with E-state index in [-0.39, 0.29) is 0 Å². The zero-order chi connectivity index (χ0) is 11.1. The Hall–Kier alpha value is -0.720. The van der Waals surface area contributed by atoms with Crippen LogP contribution in [0.4, 0.5) is 0 Å². The van der Waals surface area contributed by atoms with Crippen molar-refractivity contribution < 1.29 is 0 Å². The Kier molecular flexibility index (Phi) is 2.57. The van der Waals surface area contributed by atoms with Gasteiger partial charge in [-0.1, -0.05) is 29.8 Å². The van der Waals surface area contributed by atoms with E-state index in [1.165, 1.54) is 47.4 Å². The summed E-state index contributed by atoms with van der Waals surface area (Å²) in [6.07, 6.45) is 0. The van der Waals surface area contributed by atoms with Gasteiger partial charge < -0.3 is 4.57 Å². The van der Waals surface area contributed by atoms with Gasteiger partial charge in [-0.15, -0.1) is 11.8 Å². The molecular formula is C13H14NPS. The topological polar surface area (TPSA) is 4.93 Å². The molecule has 0 fully saturated rings. The second kappa shape index (κ2) is 3.94. The highest BCUT2D eigenvalue weighted by Crippen LogP contribution is 2.43. The summed E-state index contributed by atoms with van der Waals surface area (Å²) in [5.41, 5.74) is 4.18. The molecule has 1 aromatic heterocycles. The second-order valence-electron chi connectivity index (χ2n) is 4.19. The molecule has 1 aliphatic rings. The molecule has 0 spiro atoms. The molecule has 2 aromatic rings. The minimum Gasteiger partial charge on any atom is -0.331 e. The lowest BCUT2D eigenvalue weighted by Gasteiger charge is -2.05. The molecule has 0 saturated heterocycles. The molecule has 16 heavy (non-hydrogen) atoms. The summed E-state index contributed by atoms with van der Waals surface area (Å²) in [6, 6.07) is 8.90. The Morgan fingerprint density at radius 3 is 2.69 bits per heavy atom. The van der Waals surface area contributed by atoms with E-state index in [1.54, 1.807) is 0 Å². The normalized spacial score (nSPS) is 14.6. The van der Waals surface area contributed by atoms with Gasteiger partial charge in [0.1, 0.15) is 0 Å². The van der Waals surface area contributed by atoms with Crippen LogP contribution in [0.1, 0.15) is 10.9 Å². The van der Waals surface area contributed by atoms with E-state index in [9.17, 15) is 0 Å². The second-order valence-corrected chi connectivity index (χ2v) is 6.59. The van der Waals surface area contributed by atoms with Crippen molar-refractivity contribution in [2.75, 3.05) is 5.75 Å². The van der Waals surface area contributed by atoms with Gasteiger partial charge in [0.25, 0.3) is 0 Å². The average Bonchev–Trinajstić information content (AvgIpc) is 2.84. The van der Waals surface area contributed by atoms with Crippen molar-refractivity contribution in [2.24, 2.45) is 0 Å². The number of rotatable bonds is 1. The summed E-state index contributed by atoms with van der Waals surface area (Å²) in [5, 5.41) is 3.01. The number of benzene rings is 1. The Balaban J connectivity index is 2.13. The Morgan fingerprint density at radius 2 is 1.94 bits per heavy atom. The van der Waals surface area contributed by atoms with Crippen LogP contribution in [0.5, 0.6) is 0 Å². The molecule has 0 amide bonds. The Labute approximate surface area is 102 Å². The van der Waals surface area contributed by atoms with Crippen LogP contribution < -0.4 is 0 Å². The predicted molar refractivity (Wildman–Crippen MR) is 72.6 cm³/mol. The number of aromatic nitrogens is 1. The highest BCUT2D eigenvalue weighted by molar-refractivity contribution is 7.99. The number of thioether (sulfide) groups is 1. The first-order valence-corrected chi connectivity index (χ1v) is 7.40.